The average molecular weight is 375 g/mol. The molecule has 0 bridgehead atoms. The predicted molar refractivity (Wildman–Crippen MR) is 80.5 cm³/mol. The van der Waals surface area contributed by atoms with E-state index in [1.54, 1.807) is 0 Å². The van der Waals surface area contributed by atoms with Crippen molar-refractivity contribution in [2.75, 3.05) is 13.5 Å². The summed E-state index contributed by atoms with van der Waals surface area (Å²) in [5, 5.41) is 19.9. The summed E-state index contributed by atoms with van der Waals surface area (Å²) in [6, 6.07) is 0. The first-order chi connectivity index (χ1) is 10.7. The Morgan fingerprint density at radius 1 is 1.38 bits per heavy atom. The number of rotatable bonds is 5. The molecule has 24 heavy (non-hydrogen) atoms. The Kier molecular flexibility index (Phi) is 7.57. The van der Waals surface area contributed by atoms with Crippen molar-refractivity contribution in [1.82, 2.24) is 9.55 Å². The molecule has 0 aliphatic carbocycles. The van der Waals surface area contributed by atoms with Crippen molar-refractivity contribution in [1.29, 1.82) is 0 Å². The molecule has 131 valence electrons. The van der Waals surface area contributed by atoms with Gasteiger partial charge in [0.15, 0.2) is 18.9 Å². The molecule has 1 saturated heterocycles. The van der Waals surface area contributed by atoms with Crippen LogP contribution in [0.3, 0.4) is 0 Å². The summed E-state index contributed by atoms with van der Waals surface area (Å²) in [6.07, 6.45) is -5.52. The van der Waals surface area contributed by atoms with Crippen LogP contribution >= 0.6 is 7.60 Å². The molecule has 1 fully saturated rings. The Labute approximate surface area is 158 Å². The maximum Gasteiger partial charge on any atom is 0.353 e. The van der Waals surface area contributed by atoms with Gasteiger partial charge in [0.1, 0.15) is 12.2 Å². The number of ether oxygens (including phenoxy) is 2. The van der Waals surface area contributed by atoms with Crippen molar-refractivity contribution >= 4 is 37.2 Å². The quantitative estimate of drug-likeness (QED) is 0.332. The van der Waals surface area contributed by atoms with Crippen LogP contribution in [0.5, 0.6) is 0 Å². The molecule has 2 unspecified atom stereocenters. The van der Waals surface area contributed by atoms with Crippen LogP contribution in [0.15, 0.2) is 15.8 Å². The molecule has 1 aromatic heterocycles. The summed E-state index contributed by atoms with van der Waals surface area (Å²) < 4.78 is 26.7. The second-order valence-electron chi connectivity index (χ2n) is 4.97. The number of H-pyrrole nitrogens is 1. The summed E-state index contributed by atoms with van der Waals surface area (Å²) >= 11 is 0. The van der Waals surface area contributed by atoms with E-state index < -0.39 is 49.9 Å². The van der Waals surface area contributed by atoms with E-state index in [-0.39, 0.29) is 35.1 Å². The zero-order valence-electron chi connectivity index (χ0n) is 13.3. The molecule has 11 nitrogen and oxygen atoms in total. The molecule has 1 aliphatic heterocycles. The fourth-order valence-electron chi connectivity index (χ4n) is 1.99. The van der Waals surface area contributed by atoms with E-state index in [1.165, 1.54) is 6.92 Å². The van der Waals surface area contributed by atoms with Crippen molar-refractivity contribution in [2.24, 2.45) is 0 Å². The van der Waals surface area contributed by atoms with Crippen LogP contribution in [-0.2, 0) is 18.6 Å². The number of hydrogen-bond acceptors (Lipinski definition) is 8. The molecule has 0 saturated carbocycles. The molecule has 5 atom stereocenters. The number of nitrogens with zero attached hydrogens (tertiary/aromatic N) is 1. The van der Waals surface area contributed by atoms with Gasteiger partial charge in [-0.15, -0.1) is 0 Å². The van der Waals surface area contributed by atoms with Crippen LogP contribution in [0.2, 0.25) is 0 Å². The second kappa shape index (κ2) is 8.37. The molecule has 1 radical (unpaired) electrons. The van der Waals surface area contributed by atoms with Gasteiger partial charge >= 0.3 is 13.3 Å². The van der Waals surface area contributed by atoms with Gasteiger partial charge in [-0.3, -0.25) is 18.9 Å². The minimum Gasteiger partial charge on any atom is -0.385 e. The molecule has 2 rings (SSSR count). The van der Waals surface area contributed by atoms with Gasteiger partial charge in [0.05, 0.1) is 0 Å². The van der Waals surface area contributed by atoms with E-state index in [1.807, 2.05) is 4.98 Å². The zero-order valence-corrected chi connectivity index (χ0v) is 16.2. The molecular formula is C11H17N2NaO9P. The Balaban J connectivity index is 0.00000288. The molecule has 0 spiro atoms. The van der Waals surface area contributed by atoms with Crippen molar-refractivity contribution in [3.05, 3.63) is 32.6 Å². The van der Waals surface area contributed by atoms with Crippen molar-refractivity contribution < 1.29 is 33.7 Å². The van der Waals surface area contributed by atoms with Crippen LogP contribution in [0.1, 0.15) is 11.8 Å². The van der Waals surface area contributed by atoms with Crippen LogP contribution in [-0.4, -0.2) is 86.2 Å². The molecule has 13 heteroatoms. The maximum absolute atomic E-state index is 11.8. The van der Waals surface area contributed by atoms with E-state index in [0.29, 0.717) is 0 Å². The molecular weight excluding hydrogens is 358 g/mol. The van der Waals surface area contributed by atoms with Gasteiger partial charge in [-0.05, 0) is 6.92 Å². The van der Waals surface area contributed by atoms with E-state index in [0.717, 1.165) is 17.9 Å². The van der Waals surface area contributed by atoms with Gasteiger partial charge in [0, 0.05) is 48.4 Å². The summed E-state index contributed by atoms with van der Waals surface area (Å²) in [5.74, 6) is 0. The van der Waals surface area contributed by atoms with Gasteiger partial charge < -0.3 is 29.1 Å². The first-order valence-electron chi connectivity index (χ1n) is 6.49. The Hall–Kier alpha value is -0.330. The monoisotopic (exact) mass is 375 g/mol. The summed E-state index contributed by atoms with van der Waals surface area (Å²) in [4.78, 5) is 34.4. The standard InChI is InChI=1S/C11H17N2O9P.Na/c1-5-3-13(11(17)12-8(5)16)9-6(14)7(15)10(22-9)21-4-23(18,19)20-2;/h3,6-7,9-10,14-15H,4H2,1-2H3,(H,18,19)(H,12,16,17);/t6-,7+,9-,10?;/m1./s1. The number of nitrogens with one attached hydrogen (secondary N) is 1. The summed E-state index contributed by atoms with van der Waals surface area (Å²) in [6.45, 7) is 1.45. The van der Waals surface area contributed by atoms with Crippen molar-refractivity contribution in [3.63, 3.8) is 0 Å². The molecule has 0 aromatic carbocycles. The van der Waals surface area contributed by atoms with Crippen molar-refractivity contribution in [2.45, 2.75) is 31.6 Å². The molecule has 0 amide bonds. The topological polar surface area (TPSA) is 160 Å². The van der Waals surface area contributed by atoms with Crippen LogP contribution in [0.4, 0.5) is 0 Å². The number of aromatic nitrogens is 2. The van der Waals surface area contributed by atoms with Crippen LogP contribution in [0.25, 0.3) is 0 Å². The first-order valence-corrected chi connectivity index (χ1v) is 8.25. The number of aliphatic hydroxyl groups is 2. The molecule has 4 N–H and O–H groups in total. The van der Waals surface area contributed by atoms with Gasteiger partial charge in [-0.1, -0.05) is 0 Å². The molecule has 2 heterocycles. The largest absolute Gasteiger partial charge is 0.385 e. The Bertz CT molecular complexity index is 735. The Morgan fingerprint density at radius 3 is 2.58 bits per heavy atom. The third-order valence-corrected chi connectivity index (χ3v) is 4.35. The minimum atomic E-state index is -4.00. The third kappa shape index (κ3) is 4.64. The zero-order chi connectivity index (χ0) is 17.4. The van der Waals surface area contributed by atoms with Crippen LogP contribution < -0.4 is 11.2 Å². The van der Waals surface area contributed by atoms with E-state index in [2.05, 4.69) is 4.52 Å². The predicted octanol–water partition coefficient (Wildman–Crippen LogP) is -2.15. The van der Waals surface area contributed by atoms with Gasteiger partial charge in [0.25, 0.3) is 5.56 Å². The summed E-state index contributed by atoms with van der Waals surface area (Å²) in [7, 11) is -2.99. The van der Waals surface area contributed by atoms with Gasteiger partial charge in [-0.25, -0.2) is 4.79 Å². The second-order valence-corrected chi connectivity index (χ2v) is 6.87. The van der Waals surface area contributed by atoms with E-state index >= 15 is 0 Å². The smallest absolute Gasteiger partial charge is 0.353 e. The number of aryl methyl sites for hydroxylation is 1. The fourth-order valence-corrected chi connectivity index (χ4v) is 2.43. The van der Waals surface area contributed by atoms with Gasteiger partial charge in [-0.2, -0.15) is 0 Å². The Morgan fingerprint density at radius 2 is 2.00 bits per heavy atom. The van der Waals surface area contributed by atoms with E-state index in [9.17, 15) is 29.3 Å². The fraction of sp³-hybridized carbons (Fsp3) is 0.636. The number of aliphatic hydroxyl groups excluding tert-OH is 2. The van der Waals surface area contributed by atoms with Crippen molar-refractivity contribution in [3.8, 4) is 0 Å². The number of aromatic amines is 1. The normalized spacial score (nSPS) is 29.0. The number of hydrogen-bond donors (Lipinski definition) is 4. The maximum atomic E-state index is 11.8. The third-order valence-electron chi connectivity index (χ3n) is 3.30. The van der Waals surface area contributed by atoms with Gasteiger partial charge in [0.2, 0.25) is 0 Å². The minimum absolute atomic E-state index is 0. The van der Waals surface area contributed by atoms with Crippen LogP contribution in [0, 0.1) is 6.92 Å². The molecule has 1 aliphatic rings. The summed E-state index contributed by atoms with van der Waals surface area (Å²) in [5.41, 5.74) is -1.24. The SMILES string of the molecule is COP(=O)(O)COC1O[C@@H](n2cc(C)c(=O)[nH]c2=O)[C@H](O)[C@@H]1O.[Na]. The first kappa shape index (κ1) is 21.7. The molecule has 1 aromatic rings. The average Bonchev–Trinajstić information content (AvgIpc) is 2.77. The van der Waals surface area contributed by atoms with E-state index in [4.69, 9.17) is 9.47 Å².